The Morgan fingerprint density at radius 3 is 0.910 bits per heavy atom. The fourth-order valence-electron chi connectivity index (χ4n) is 12.3. The molecule has 12 rings (SSSR count). The highest BCUT2D eigenvalue weighted by atomic mass is 19.4. The van der Waals surface area contributed by atoms with Crippen molar-refractivity contribution in [2.75, 3.05) is 0 Å². The predicted molar refractivity (Wildman–Crippen MR) is 315 cm³/mol. The van der Waals surface area contributed by atoms with E-state index in [2.05, 4.69) is 222 Å². The molecule has 0 unspecified atom stereocenters. The van der Waals surface area contributed by atoms with Gasteiger partial charge < -0.3 is 9.13 Å². The van der Waals surface area contributed by atoms with Crippen LogP contribution in [0.25, 0.3) is 111 Å². The van der Waals surface area contributed by atoms with Crippen LogP contribution in [0.1, 0.15) is 61.2 Å². The molecule has 0 saturated heterocycles. The first kappa shape index (κ1) is 49.4. The van der Waals surface area contributed by atoms with E-state index in [0.717, 1.165) is 139 Å². The fraction of sp³-hybridized carbons (Fsp3) is 0.127. The van der Waals surface area contributed by atoms with Crippen LogP contribution < -0.4 is 0 Å². The van der Waals surface area contributed by atoms with Crippen molar-refractivity contribution in [3.8, 4) is 79.1 Å². The summed E-state index contributed by atoms with van der Waals surface area (Å²) in [5, 5.41) is 26.5. The van der Waals surface area contributed by atoms with Crippen molar-refractivity contribution in [1.82, 2.24) is 9.13 Å². The molecule has 0 aliphatic rings. The van der Waals surface area contributed by atoms with E-state index in [1.807, 2.05) is 0 Å². The SMILES string of the molecule is Cc1cc(C)cc(-c2ccc3c4ccc(-c5cc(C)cc(C)c5)cc4n(-c4cc(-c5c(C#N)cccc5C(F)(F)F)cc(-n5c6cc(-c7cc(C)cc(C)c7)ccc6c6ccc(-c7cc(C)cc(C)c7)cc65)c4C#N)c3c2)c1. The second-order valence-corrected chi connectivity index (χ2v) is 21.4. The highest BCUT2D eigenvalue weighted by Crippen LogP contribution is 2.46. The average Bonchev–Trinajstić information content (AvgIpc) is 4.02. The van der Waals surface area contributed by atoms with E-state index < -0.39 is 11.7 Å². The zero-order valence-electron chi connectivity index (χ0n) is 44.7. The lowest BCUT2D eigenvalue weighted by atomic mass is 9.92. The maximum absolute atomic E-state index is 15.7. The van der Waals surface area contributed by atoms with E-state index in [4.69, 9.17) is 0 Å². The summed E-state index contributed by atoms with van der Waals surface area (Å²) in [6.07, 6.45) is -4.83. The summed E-state index contributed by atoms with van der Waals surface area (Å²) in [4.78, 5) is 0. The molecule has 0 saturated carbocycles. The minimum Gasteiger partial charge on any atom is -0.308 e. The Kier molecular flexibility index (Phi) is 11.8. The Morgan fingerprint density at radius 2 is 0.641 bits per heavy atom. The van der Waals surface area contributed by atoms with Gasteiger partial charge in [-0.1, -0.05) is 172 Å². The molecule has 10 aromatic carbocycles. The van der Waals surface area contributed by atoms with E-state index in [-0.39, 0.29) is 22.3 Å². The maximum Gasteiger partial charge on any atom is 0.417 e. The van der Waals surface area contributed by atoms with Crippen LogP contribution >= 0.6 is 0 Å². The van der Waals surface area contributed by atoms with Crippen LogP contribution in [0.3, 0.4) is 0 Å². The second-order valence-electron chi connectivity index (χ2n) is 21.4. The highest BCUT2D eigenvalue weighted by Gasteiger charge is 2.36. The van der Waals surface area contributed by atoms with Gasteiger partial charge in [-0.05, 0) is 154 Å². The molecular weight excluding hydrogens is 966 g/mol. The first-order chi connectivity index (χ1) is 37.4. The molecule has 0 fully saturated rings. The molecule has 378 valence electrons. The van der Waals surface area contributed by atoms with Gasteiger partial charge in [0.15, 0.2) is 0 Å². The Labute approximate surface area is 452 Å². The number of hydrogen-bond donors (Lipinski definition) is 0. The number of aryl methyl sites for hydroxylation is 8. The minimum atomic E-state index is -4.83. The minimum absolute atomic E-state index is 0.139. The zero-order valence-corrected chi connectivity index (χ0v) is 44.7. The molecule has 12 aromatic rings. The molecule has 4 nitrogen and oxygen atoms in total. The first-order valence-corrected chi connectivity index (χ1v) is 26.1. The number of nitriles is 2. The molecule has 0 amide bonds. The second kappa shape index (κ2) is 18.7. The Bertz CT molecular complexity index is 4060. The van der Waals surface area contributed by atoms with Gasteiger partial charge >= 0.3 is 6.18 Å². The smallest absolute Gasteiger partial charge is 0.308 e. The molecule has 0 radical (unpaired) electrons. The quantitative estimate of drug-likeness (QED) is 0.160. The molecule has 0 aliphatic heterocycles. The zero-order chi connectivity index (χ0) is 54.5. The van der Waals surface area contributed by atoms with Crippen molar-refractivity contribution in [2.24, 2.45) is 0 Å². The third-order valence-electron chi connectivity index (χ3n) is 15.2. The van der Waals surface area contributed by atoms with Gasteiger partial charge in [-0.25, -0.2) is 0 Å². The fourth-order valence-corrected chi connectivity index (χ4v) is 12.3. The number of benzene rings is 10. The lowest BCUT2D eigenvalue weighted by Crippen LogP contribution is -2.10. The molecule has 0 spiro atoms. The molecular formula is C71H53F3N4. The number of aromatic nitrogens is 2. The molecule has 0 aliphatic carbocycles. The number of halogens is 3. The summed E-state index contributed by atoms with van der Waals surface area (Å²) >= 11 is 0. The molecule has 2 heterocycles. The molecule has 0 N–H and O–H groups in total. The predicted octanol–water partition coefficient (Wildman–Crippen LogP) is 19.4. The molecule has 78 heavy (non-hydrogen) atoms. The average molecular weight is 1020 g/mol. The normalized spacial score (nSPS) is 11.8. The van der Waals surface area contributed by atoms with Crippen molar-refractivity contribution in [2.45, 2.75) is 61.6 Å². The van der Waals surface area contributed by atoms with Gasteiger partial charge in [-0.2, -0.15) is 23.7 Å². The molecule has 7 heteroatoms. The van der Waals surface area contributed by atoms with Gasteiger partial charge in [0.25, 0.3) is 0 Å². The van der Waals surface area contributed by atoms with E-state index >= 15 is 13.2 Å². The summed E-state index contributed by atoms with van der Waals surface area (Å²) in [5.41, 5.74) is 19.5. The lowest BCUT2D eigenvalue weighted by molar-refractivity contribution is -0.137. The van der Waals surface area contributed by atoms with Crippen LogP contribution in [0.4, 0.5) is 13.2 Å². The van der Waals surface area contributed by atoms with Crippen molar-refractivity contribution >= 4 is 43.6 Å². The van der Waals surface area contributed by atoms with E-state index in [0.29, 0.717) is 11.4 Å². The van der Waals surface area contributed by atoms with Gasteiger partial charge in [-0.3, -0.25) is 0 Å². The van der Waals surface area contributed by atoms with Crippen LogP contribution in [0.5, 0.6) is 0 Å². The van der Waals surface area contributed by atoms with Gasteiger partial charge in [0, 0.05) is 27.1 Å². The Hall–Kier alpha value is -9.43. The molecule has 2 aromatic heterocycles. The largest absolute Gasteiger partial charge is 0.417 e. The summed E-state index contributed by atoms with van der Waals surface area (Å²) in [6, 6.07) is 63.1. The van der Waals surface area contributed by atoms with Crippen molar-refractivity contribution in [1.29, 1.82) is 10.5 Å². The Morgan fingerprint density at radius 1 is 0.333 bits per heavy atom. The standard InChI is InChI=1S/C71H53F3N4/c1-40-20-41(2)25-53(24-40)48-12-16-58-59-17-13-49(54-26-42(3)21-43(4)27-54)33-65(59)77(64(58)32-48)68-36-57(70-52(38-75)10-9-11-63(70)71(72,73)74)37-69(62(68)39-76)78-66-34-50(55-28-44(5)22-45(6)29-55)14-18-60(66)61-19-15-51(35-67(61)78)56-30-46(7)23-47(8)31-56/h9-37H,1-8H3. The lowest BCUT2D eigenvalue weighted by Gasteiger charge is -2.21. The van der Waals surface area contributed by atoms with Crippen LogP contribution in [0.15, 0.2) is 176 Å². The monoisotopic (exact) mass is 1020 g/mol. The van der Waals surface area contributed by atoms with Crippen LogP contribution in [-0.4, -0.2) is 9.13 Å². The van der Waals surface area contributed by atoms with Crippen molar-refractivity contribution in [3.05, 3.63) is 237 Å². The third-order valence-corrected chi connectivity index (χ3v) is 15.2. The van der Waals surface area contributed by atoms with Gasteiger partial charge in [-0.15, -0.1) is 0 Å². The third kappa shape index (κ3) is 8.59. The number of rotatable bonds is 7. The number of fused-ring (bicyclic) bond motifs is 6. The molecule has 0 atom stereocenters. The summed E-state index contributed by atoms with van der Waals surface area (Å²) < 4.78 is 51.1. The molecule has 0 bridgehead atoms. The van der Waals surface area contributed by atoms with E-state index in [1.165, 1.54) is 12.1 Å². The first-order valence-electron chi connectivity index (χ1n) is 26.1. The van der Waals surface area contributed by atoms with Gasteiger partial charge in [0.05, 0.1) is 50.6 Å². The number of alkyl halides is 3. The summed E-state index contributed by atoms with van der Waals surface area (Å²) in [6.45, 7) is 16.6. The van der Waals surface area contributed by atoms with Crippen molar-refractivity contribution in [3.63, 3.8) is 0 Å². The summed E-state index contributed by atoms with van der Waals surface area (Å²) in [5.74, 6) is 0. The van der Waals surface area contributed by atoms with E-state index in [9.17, 15) is 10.5 Å². The van der Waals surface area contributed by atoms with Gasteiger partial charge in [0.2, 0.25) is 0 Å². The van der Waals surface area contributed by atoms with Crippen LogP contribution in [0.2, 0.25) is 0 Å². The van der Waals surface area contributed by atoms with Crippen molar-refractivity contribution < 1.29 is 13.2 Å². The Balaban J connectivity index is 1.28. The number of nitrogens with zero attached hydrogens (tertiary/aromatic N) is 4. The van der Waals surface area contributed by atoms with Crippen LogP contribution in [-0.2, 0) is 6.18 Å². The topological polar surface area (TPSA) is 57.4 Å². The van der Waals surface area contributed by atoms with Crippen LogP contribution in [0, 0.1) is 78.1 Å². The van der Waals surface area contributed by atoms with Gasteiger partial charge in [0.1, 0.15) is 11.6 Å². The van der Waals surface area contributed by atoms with E-state index in [1.54, 1.807) is 12.1 Å². The summed E-state index contributed by atoms with van der Waals surface area (Å²) in [7, 11) is 0. The number of hydrogen-bond acceptors (Lipinski definition) is 2. The maximum atomic E-state index is 15.7. The highest BCUT2D eigenvalue weighted by molar-refractivity contribution is 6.13.